The molecular weight excluding hydrogens is 196 g/mol. The van der Waals surface area contributed by atoms with Gasteiger partial charge >= 0.3 is 0 Å². The summed E-state index contributed by atoms with van der Waals surface area (Å²) in [6.07, 6.45) is 0. The third-order valence-corrected chi connectivity index (χ3v) is 2.88. The van der Waals surface area contributed by atoms with Crippen LogP contribution in [-0.2, 0) is 0 Å². The van der Waals surface area contributed by atoms with Gasteiger partial charge in [-0.3, -0.25) is 0 Å². The second-order valence-electron chi connectivity index (χ2n) is 2.71. The van der Waals surface area contributed by atoms with Crippen molar-refractivity contribution in [1.82, 2.24) is 0 Å². The van der Waals surface area contributed by atoms with Crippen LogP contribution in [0.3, 0.4) is 0 Å². The smallest absolute Gasteiger partial charge is 0.172 e. The van der Waals surface area contributed by atoms with E-state index in [0.717, 1.165) is 11.3 Å². The Labute approximate surface area is 84.1 Å². The van der Waals surface area contributed by atoms with Gasteiger partial charge in [0.25, 0.3) is 0 Å². The van der Waals surface area contributed by atoms with E-state index in [9.17, 15) is 5.11 Å². The molecule has 0 aliphatic carbocycles. The first-order chi connectivity index (χ1) is 6.76. The van der Waals surface area contributed by atoms with Gasteiger partial charge in [-0.25, -0.2) is 0 Å². The highest BCUT2D eigenvalue weighted by Gasteiger charge is 2.09. The van der Waals surface area contributed by atoms with Crippen molar-refractivity contribution in [2.24, 2.45) is 0 Å². The Balaban J connectivity index is 2.95. The Morgan fingerprint density at radius 3 is 2.43 bits per heavy atom. The Morgan fingerprint density at radius 2 is 1.79 bits per heavy atom. The van der Waals surface area contributed by atoms with Gasteiger partial charge in [0.05, 0.1) is 21.9 Å². The molecule has 2 rings (SSSR count). The number of fused-ring (bicyclic) bond motifs is 1. The first kappa shape index (κ1) is 8.55. The zero-order valence-corrected chi connectivity index (χ0v) is 7.80. The lowest BCUT2D eigenvalue weighted by molar-refractivity contribution is 0.491. The van der Waals surface area contributed by atoms with E-state index in [2.05, 4.69) is 0 Å². The van der Waals surface area contributed by atoms with Crippen LogP contribution in [0.4, 0.5) is 0 Å². The number of thiophene rings is 1. The van der Waals surface area contributed by atoms with E-state index < -0.39 is 0 Å². The largest absolute Gasteiger partial charge is 0.499 e. The van der Waals surface area contributed by atoms with Crippen molar-refractivity contribution in [1.29, 1.82) is 10.5 Å². The van der Waals surface area contributed by atoms with Gasteiger partial charge in [0.2, 0.25) is 0 Å². The van der Waals surface area contributed by atoms with Crippen molar-refractivity contribution in [2.45, 2.75) is 0 Å². The molecule has 0 aliphatic heterocycles. The predicted octanol–water partition coefficient (Wildman–Crippen LogP) is 2.35. The highest BCUT2D eigenvalue weighted by molar-refractivity contribution is 7.21. The van der Waals surface area contributed by atoms with E-state index >= 15 is 0 Å². The molecule has 66 valence electrons. The van der Waals surface area contributed by atoms with Crippen molar-refractivity contribution in [3.8, 4) is 17.2 Å². The maximum absolute atomic E-state index is 9.30. The quantitative estimate of drug-likeness (QED) is 0.709. The highest BCUT2D eigenvalue weighted by Crippen LogP contribution is 2.34. The molecule has 1 aromatic carbocycles. The maximum Gasteiger partial charge on any atom is 0.172 e. The van der Waals surface area contributed by atoms with Crippen LogP contribution in [0.25, 0.3) is 10.1 Å². The molecule has 2 aromatic rings. The molecule has 1 aromatic heterocycles. The molecule has 0 aliphatic rings. The summed E-state index contributed by atoms with van der Waals surface area (Å²) in [5, 5.41) is 27.7. The van der Waals surface area contributed by atoms with E-state index in [1.807, 2.05) is 12.1 Å². The molecule has 14 heavy (non-hydrogen) atoms. The van der Waals surface area contributed by atoms with Crippen LogP contribution in [0.5, 0.6) is 5.06 Å². The summed E-state index contributed by atoms with van der Waals surface area (Å²) in [4.78, 5) is 0. The van der Waals surface area contributed by atoms with Gasteiger partial charge in [0.1, 0.15) is 6.07 Å². The molecule has 4 heteroatoms. The normalized spacial score (nSPS) is 9.57. The van der Waals surface area contributed by atoms with Crippen LogP contribution >= 0.6 is 11.3 Å². The topological polar surface area (TPSA) is 67.8 Å². The fourth-order valence-electron chi connectivity index (χ4n) is 1.30. The number of aromatic hydroxyl groups is 1. The van der Waals surface area contributed by atoms with E-state index in [0.29, 0.717) is 21.2 Å². The molecule has 3 nitrogen and oxygen atoms in total. The van der Waals surface area contributed by atoms with Crippen molar-refractivity contribution in [2.75, 3.05) is 0 Å². The minimum atomic E-state index is 0.124. The van der Waals surface area contributed by atoms with Crippen LogP contribution in [-0.4, -0.2) is 5.11 Å². The second kappa shape index (κ2) is 3.02. The molecule has 1 heterocycles. The van der Waals surface area contributed by atoms with E-state index in [1.54, 1.807) is 12.1 Å². The first-order valence-electron chi connectivity index (χ1n) is 3.82. The molecule has 0 radical (unpaired) electrons. The van der Waals surface area contributed by atoms with Crippen molar-refractivity contribution in [3.63, 3.8) is 0 Å². The summed E-state index contributed by atoms with van der Waals surface area (Å²) in [5.41, 5.74) is 0.972. The minimum absolute atomic E-state index is 0.124. The summed E-state index contributed by atoms with van der Waals surface area (Å²) in [7, 11) is 0. The average Bonchev–Trinajstić information content (AvgIpc) is 2.57. The van der Waals surface area contributed by atoms with Crippen molar-refractivity contribution in [3.05, 3.63) is 29.3 Å². The molecule has 0 saturated carbocycles. The highest BCUT2D eigenvalue weighted by atomic mass is 32.1. The Morgan fingerprint density at radius 1 is 1.14 bits per heavy atom. The number of nitriles is 2. The molecule has 1 N–H and O–H groups in total. The summed E-state index contributed by atoms with van der Waals surface area (Å²) in [6, 6.07) is 8.74. The zero-order chi connectivity index (χ0) is 10.1. The van der Waals surface area contributed by atoms with Crippen LogP contribution in [0.1, 0.15) is 11.1 Å². The van der Waals surface area contributed by atoms with Gasteiger partial charge in [-0.2, -0.15) is 10.5 Å². The van der Waals surface area contributed by atoms with Crippen LogP contribution in [0.2, 0.25) is 0 Å². The molecule has 0 fully saturated rings. The van der Waals surface area contributed by atoms with Gasteiger partial charge in [-0.15, -0.1) is 0 Å². The number of hydrogen-bond donors (Lipinski definition) is 1. The van der Waals surface area contributed by atoms with E-state index in [1.165, 1.54) is 6.07 Å². The van der Waals surface area contributed by atoms with Crippen molar-refractivity contribution >= 4 is 21.4 Å². The predicted molar refractivity (Wildman–Crippen MR) is 52.9 cm³/mol. The Kier molecular flexibility index (Phi) is 1.85. The molecule has 0 spiro atoms. The summed E-state index contributed by atoms with van der Waals surface area (Å²) < 4.78 is 0.670. The molecular formula is C10H4N2OS. The second-order valence-corrected chi connectivity index (χ2v) is 3.74. The van der Waals surface area contributed by atoms with Crippen LogP contribution < -0.4 is 0 Å². The number of benzene rings is 1. The molecule has 0 saturated heterocycles. The van der Waals surface area contributed by atoms with Gasteiger partial charge in [0, 0.05) is 11.5 Å². The Hall–Kier alpha value is -2.04. The minimum Gasteiger partial charge on any atom is -0.499 e. The third kappa shape index (κ3) is 1.10. The number of rotatable bonds is 0. The monoisotopic (exact) mass is 200 g/mol. The number of nitrogens with zero attached hydrogens (tertiary/aromatic N) is 2. The molecule has 0 unspecified atom stereocenters. The molecule has 0 bridgehead atoms. The summed E-state index contributed by atoms with van der Waals surface area (Å²) >= 11 is 1.11. The fourth-order valence-corrected chi connectivity index (χ4v) is 2.18. The van der Waals surface area contributed by atoms with Crippen molar-refractivity contribution < 1.29 is 5.11 Å². The lowest BCUT2D eigenvalue weighted by atomic mass is 10.1. The van der Waals surface area contributed by atoms with Crippen LogP contribution in [0.15, 0.2) is 18.2 Å². The fraction of sp³-hybridized carbons (Fsp3) is 0. The third-order valence-electron chi connectivity index (χ3n) is 1.91. The van der Waals surface area contributed by atoms with Gasteiger partial charge < -0.3 is 5.11 Å². The average molecular weight is 200 g/mol. The number of hydrogen-bond acceptors (Lipinski definition) is 4. The van der Waals surface area contributed by atoms with E-state index in [-0.39, 0.29) is 5.06 Å². The van der Waals surface area contributed by atoms with E-state index in [4.69, 9.17) is 10.5 Å². The van der Waals surface area contributed by atoms with Gasteiger partial charge in [0.15, 0.2) is 5.06 Å². The standard InChI is InChI=1S/C10H4N2OS/c11-4-6-1-2-7(5-12)10-8(6)3-9(13)14-10/h1-3,13H. The maximum atomic E-state index is 9.30. The Bertz CT molecular complexity index is 535. The zero-order valence-electron chi connectivity index (χ0n) is 6.98. The lowest BCUT2D eigenvalue weighted by Gasteiger charge is -1.93. The molecule has 0 amide bonds. The SMILES string of the molecule is N#Cc1ccc(C#N)c2sc(O)cc12. The lowest BCUT2D eigenvalue weighted by Crippen LogP contribution is -1.78. The van der Waals surface area contributed by atoms with Gasteiger partial charge in [-0.1, -0.05) is 11.3 Å². The van der Waals surface area contributed by atoms with Gasteiger partial charge in [-0.05, 0) is 12.1 Å². The van der Waals surface area contributed by atoms with Crippen LogP contribution in [0, 0.1) is 22.7 Å². The molecule has 0 atom stereocenters. The first-order valence-corrected chi connectivity index (χ1v) is 4.63. The summed E-state index contributed by atoms with van der Waals surface area (Å²) in [6.45, 7) is 0. The summed E-state index contributed by atoms with van der Waals surface area (Å²) in [5.74, 6) is 0.